The van der Waals surface area contributed by atoms with Gasteiger partial charge in [-0.25, -0.2) is 4.79 Å². The van der Waals surface area contributed by atoms with Crippen molar-refractivity contribution < 1.29 is 14.7 Å². The van der Waals surface area contributed by atoms with E-state index in [-0.39, 0.29) is 12.5 Å². The summed E-state index contributed by atoms with van der Waals surface area (Å²) < 4.78 is 0. The second kappa shape index (κ2) is 6.41. The number of hydrogen-bond acceptors (Lipinski definition) is 4. The molecular weight excluding hydrogens is 224 g/mol. The highest BCUT2D eigenvalue weighted by Gasteiger charge is 2.23. The van der Waals surface area contributed by atoms with Gasteiger partial charge in [-0.15, -0.1) is 0 Å². The first-order chi connectivity index (χ1) is 7.64. The maximum Gasteiger partial charge on any atom is 0.312 e. The Bertz CT molecular complexity index is 279. The van der Waals surface area contributed by atoms with Crippen molar-refractivity contribution in [2.75, 3.05) is 27.2 Å². The molecule has 7 nitrogen and oxygen atoms in total. The number of rotatable bonds is 6. The fraction of sp³-hybridized carbons (Fsp3) is 0.800. The van der Waals surface area contributed by atoms with Crippen LogP contribution in [-0.2, 0) is 4.79 Å². The number of carbonyl (C=O) groups is 2. The summed E-state index contributed by atoms with van der Waals surface area (Å²) in [7, 11) is 3.65. The zero-order chi connectivity index (χ0) is 13.6. The van der Waals surface area contributed by atoms with Crippen molar-refractivity contribution in [1.82, 2.24) is 15.5 Å². The lowest BCUT2D eigenvalue weighted by Gasteiger charge is -2.27. The molecule has 2 unspecified atom stereocenters. The number of urea groups is 1. The number of nitrogens with two attached hydrogens (primary N) is 1. The Hall–Kier alpha value is -1.34. The van der Waals surface area contributed by atoms with Crippen LogP contribution < -0.4 is 16.4 Å². The third-order valence-electron chi connectivity index (χ3n) is 2.05. The predicted molar refractivity (Wildman–Crippen MR) is 64.4 cm³/mol. The van der Waals surface area contributed by atoms with Crippen molar-refractivity contribution in [1.29, 1.82) is 0 Å². The third-order valence-corrected chi connectivity index (χ3v) is 2.05. The third kappa shape index (κ3) is 7.53. The van der Waals surface area contributed by atoms with E-state index in [9.17, 15) is 14.7 Å². The van der Waals surface area contributed by atoms with Gasteiger partial charge < -0.3 is 26.4 Å². The van der Waals surface area contributed by atoms with Crippen LogP contribution in [0.3, 0.4) is 0 Å². The standard InChI is InChI=1S/C10H22N4O3/c1-7(13-9(11)16)8(15)12-5-10(2,17)6-14(3)4/h7,17H,5-6H2,1-4H3,(H,12,15)(H3,11,13,16). The molecule has 0 aliphatic heterocycles. The molecule has 0 saturated carbocycles. The van der Waals surface area contributed by atoms with Gasteiger partial charge in [0, 0.05) is 13.1 Å². The molecule has 0 spiro atoms. The molecular formula is C10H22N4O3. The molecule has 5 N–H and O–H groups in total. The van der Waals surface area contributed by atoms with E-state index in [2.05, 4.69) is 10.6 Å². The maximum atomic E-state index is 11.5. The van der Waals surface area contributed by atoms with Crippen LogP contribution in [0.5, 0.6) is 0 Å². The van der Waals surface area contributed by atoms with Crippen molar-refractivity contribution in [3.05, 3.63) is 0 Å². The van der Waals surface area contributed by atoms with Crippen molar-refractivity contribution in [2.24, 2.45) is 5.73 Å². The van der Waals surface area contributed by atoms with E-state index >= 15 is 0 Å². The number of amides is 3. The summed E-state index contributed by atoms with van der Waals surface area (Å²) in [4.78, 5) is 23.9. The van der Waals surface area contributed by atoms with Crippen molar-refractivity contribution >= 4 is 11.9 Å². The molecule has 0 bridgehead atoms. The molecule has 0 saturated heterocycles. The molecule has 0 aromatic rings. The molecule has 0 fully saturated rings. The Morgan fingerprint density at radius 3 is 2.41 bits per heavy atom. The van der Waals surface area contributed by atoms with Crippen LogP contribution in [0.4, 0.5) is 4.79 Å². The molecule has 0 aromatic carbocycles. The van der Waals surface area contributed by atoms with Crippen LogP contribution >= 0.6 is 0 Å². The minimum absolute atomic E-state index is 0.106. The van der Waals surface area contributed by atoms with E-state index in [0.717, 1.165) is 0 Å². The molecule has 0 rings (SSSR count). The van der Waals surface area contributed by atoms with Gasteiger partial charge in [0.15, 0.2) is 0 Å². The molecule has 0 aliphatic rings. The molecule has 100 valence electrons. The monoisotopic (exact) mass is 246 g/mol. The highest BCUT2D eigenvalue weighted by atomic mass is 16.3. The average molecular weight is 246 g/mol. The average Bonchev–Trinajstić information content (AvgIpc) is 2.11. The van der Waals surface area contributed by atoms with Crippen molar-refractivity contribution in [3.63, 3.8) is 0 Å². The van der Waals surface area contributed by atoms with Gasteiger partial charge in [-0.1, -0.05) is 0 Å². The van der Waals surface area contributed by atoms with E-state index in [1.807, 2.05) is 19.0 Å². The molecule has 0 aliphatic carbocycles. The summed E-state index contributed by atoms with van der Waals surface area (Å²) >= 11 is 0. The molecule has 0 radical (unpaired) electrons. The molecule has 7 heteroatoms. The van der Waals surface area contributed by atoms with E-state index in [0.29, 0.717) is 6.54 Å². The number of hydrogen-bond donors (Lipinski definition) is 4. The lowest BCUT2D eigenvalue weighted by Crippen LogP contribution is -2.52. The van der Waals surface area contributed by atoms with Gasteiger partial charge >= 0.3 is 6.03 Å². The van der Waals surface area contributed by atoms with Gasteiger partial charge in [0.05, 0.1) is 5.60 Å². The lowest BCUT2D eigenvalue weighted by atomic mass is 10.1. The van der Waals surface area contributed by atoms with E-state index in [4.69, 9.17) is 5.73 Å². The number of likely N-dealkylation sites (N-methyl/N-ethyl adjacent to an activating group) is 1. The topological polar surface area (TPSA) is 108 Å². The van der Waals surface area contributed by atoms with E-state index in [1.54, 1.807) is 6.92 Å². The smallest absolute Gasteiger partial charge is 0.312 e. The molecule has 17 heavy (non-hydrogen) atoms. The van der Waals surface area contributed by atoms with Crippen LogP contribution in [0.2, 0.25) is 0 Å². The fourth-order valence-corrected chi connectivity index (χ4v) is 1.45. The van der Waals surface area contributed by atoms with Crippen LogP contribution in [0.25, 0.3) is 0 Å². The van der Waals surface area contributed by atoms with Crippen molar-refractivity contribution in [3.8, 4) is 0 Å². The summed E-state index contributed by atoms with van der Waals surface area (Å²) in [5.41, 5.74) is 3.87. The zero-order valence-corrected chi connectivity index (χ0v) is 10.8. The van der Waals surface area contributed by atoms with Crippen LogP contribution in [0, 0.1) is 0 Å². The summed E-state index contributed by atoms with van der Waals surface area (Å²) in [6.45, 7) is 3.67. The summed E-state index contributed by atoms with van der Waals surface area (Å²) in [6.07, 6.45) is 0. The van der Waals surface area contributed by atoms with Crippen LogP contribution in [-0.4, -0.2) is 60.8 Å². The number of primary amides is 1. The first kappa shape index (κ1) is 15.7. The van der Waals surface area contributed by atoms with Gasteiger partial charge in [-0.3, -0.25) is 4.79 Å². The van der Waals surface area contributed by atoms with Gasteiger partial charge in [0.2, 0.25) is 5.91 Å². The first-order valence-corrected chi connectivity index (χ1v) is 5.35. The highest BCUT2D eigenvalue weighted by molar-refractivity contribution is 5.86. The normalized spacial score (nSPS) is 16.1. The number of aliphatic hydroxyl groups is 1. The Morgan fingerprint density at radius 2 is 2.00 bits per heavy atom. The second-order valence-electron chi connectivity index (χ2n) is 4.68. The Kier molecular flexibility index (Phi) is 5.90. The largest absolute Gasteiger partial charge is 0.387 e. The number of nitrogens with one attached hydrogen (secondary N) is 2. The molecule has 2 atom stereocenters. The Balaban J connectivity index is 4.10. The lowest BCUT2D eigenvalue weighted by molar-refractivity contribution is -0.123. The summed E-state index contributed by atoms with van der Waals surface area (Å²) in [6, 6.07) is -1.48. The van der Waals surface area contributed by atoms with Gasteiger partial charge in [0.25, 0.3) is 0 Å². The predicted octanol–water partition coefficient (Wildman–Crippen LogP) is -1.53. The quantitative estimate of drug-likeness (QED) is 0.456. The first-order valence-electron chi connectivity index (χ1n) is 5.35. The van der Waals surface area contributed by atoms with E-state index in [1.165, 1.54) is 6.92 Å². The Labute approximate surface area is 101 Å². The minimum Gasteiger partial charge on any atom is -0.387 e. The fourth-order valence-electron chi connectivity index (χ4n) is 1.45. The molecule has 0 aromatic heterocycles. The van der Waals surface area contributed by atoms with Gasteiger partial charge in [-0.2, -0.15) is 0 Å². The highest BCUT2D eigenvalue weighted by Crippen LogP contribution is 2.02. The zero-order valence-electron chi connectivity index (χ0n) is 10.8. The van der Waals surface area contributed by atoms with Crippen LogP contribution in [0.1, 0.15) is 13.8 Å². The summed E-state index contributed by atoms with van der Waals surface area (Å²) in [5, 5.41) is 14.7. The number of carbonyl (C=O) groups excluding carboxylic acids is 2. The van der Waals surface area contributed by atoms with Crippen molar-refractivity contribution in [2.45, 2.75) is 25.5 Å². The number of nitrogens with zero attached hydrogens (tertiary/aromatic N) is 1. The Morgan fingerprint density at radius 1 is 1.47 bits per heavy atom. The van der Waals surface area contributed by atoms with E-state index < -0.39 is 17.7 Å². The maximum absolute atomic E-state index is 11.5. The minimum atomic E-state index is -1.02. The van der Waals surface area contributed by atoms with Gasteiger partial charge in [0.1, 0.15) is 6.04 Å². The second-order valence-corrected chi connectivity index (χ2v) is 4.68. The van der Waals surface area contributed by atoms with Gasteiger partial charge in [-0.05, 0) is 27.9 Å². The molecule has 3 amide bonds. The summed E-state index contributed by atoms with van der Waals surface area (Å²) in [5.74, 6) is -0.386. The van der Waals surface area contributed by atoms with Crippen LogP contribution in [0.15, 0.2) is 0 Å². The SMILES string of the molecule is CC(NC(N)=O)C(=O)NCC(C)(O)CN(C)C. The molecule has 0 heterocycles.